The normalized spacial score (nSPS) is 10.8. The van der Waals surface area contributed by atoms with Crippen LogP contribution in [0.5, 0.6) is 5.75 Å². The van der Waals surface area contributed by atoms with Crippen molar-refractivity contribution in [2.75, 3.05) is 13.1 Å². The molecule has 0 saturated heterocycles. The fourth-order valence-corrected chi connectivity index (χ4v) is 3.25. The standard InChI is InChI=1S/C25H23BrN2O3/c1-3-28(4-2)24(29)22-7-5-6-8-23(22)25(30)31-21-15-9-18(10-16-21)17-27-20-13-11-19(26)12-14-20/h5-17H,3-4H2,1-2H3. The molecule has 3 rings (SSSR count). The van der Waals surface area contributed by atoms with E-state index in [4.69, 9.17) is 4.74 Å². The highest BCUT2D eigenvalue weighted by molar-refractivity contribution is 9.10. The van der Waals surface area contributed by atoms with E-state index in [2.05, 4.69) is 20.9 Å². The van der Waals surface area contributed by atoms with Crippen molar-refractivity contribution in [1.29, 1.82) is 0 Å². The van der Waals surface area contributed by atoms with Crippen molar-refractivity contribution < 1.29 is 14.3 Å². The molecule has 158 valence electrons. The van der Waals surface area contributed by atoms with Crippen molar-refractivity contribution in [2.45, 2.75) is 13.8 Å². The SMILES string of the molecule is CCN(CC)C(=O)c1ccccc1C(=O)Oc1ccc(C=Nc2ccc(Br)cc2)cc1. The molecule has 0 N–H and O–H groups in total. The Kier molecular flexibility index (Phi) is 7.73. The number of hydrogen-bond acceptors (Lipinski definition) is 4. The number of aliphatic imine (C=N–C) groups is 1. The van der Waals surface area contributed by atoms with E-state index >= 15 is 0 Å². The third kappa shape index (κ3) is 5.89. The molecule has 0 aromatic heterocycles. The van der Waals surface area contributed by atoms with Crippen molar-refractivity contribution >= 4 is 39.7 Å². The molecule has 0 aliphatic carbocycles. The molecule has 31 heavy (non-hydrogen) atoms. The Balaban J connectivity index is 1.71. The predicted molar refractivity (Wildman–Crippen MR) is 126 cm³/mol. The van der Waals surface area contributed by atoms with E-state index in [0.29, 0.717) is 24.4 Å². The van der Waals surface area contributed by atoms with E-state index < -0.39 is 5.97 Å². The molecule has 6 heteroatoms. The van der Waals surface area contributed by atoms with Crippen LogP contribution in [0.1, 0.15) is 40.1 Å². The van der Waals surface area contributed by atoms with Crippen LogP contribution in [0.3, 0.4) is 0 Å². The van der Waals surface area contributed by atoms with Gasteiger partial charge in [0.1, 0.15) is 5.75 Å². The maximum absolute atomic E-state index is 12.7. The van der Waals surface area contributed by atoms with E-state index in [0.717, 1.165) is 15.7 Å². The maximum Gasteiger partial charge on any atom is 0.344 e. The summed E-state index contributed by atoms with van der Waals surface area (Å²) in [7, 11) is 0. The van der Waals surface area contributed by atoms with Gasteiger partial charge in [0.2, 0.25) is 0 Å². The summed E-state index contributed by atoms with van der Waals surface area (Å²) in [4.78, 5) is 31.6. The number of nitrogens with zero attached hydrogens (tertiary/aromatic N) is 2. The molecule has 0 aliphatic rings. The lowest BCUT2D eigenvalue weighted by atomic mass is 10.1. The molecule has 5 nitrogen and oxygen atoms in total. The fraction of sp³-hybridized carbons (Fsp3) is 0.160. The first kappa shape index (κ1) is 22.4. The van der Waals surface area contributed by atoms with E-state index in [1.807, 2.05) is 50.2 Å². The summed E-state index contributed by atoms with van der Waals surface area (Å²) in [5.41, 5.74) is 2.31. The first-order valence-electron chi connectivity index (χ1n) is 10.0. The number of rotatable bonds is 7. The van der Waals surface area contributed by atoms with Gasteiger partial charge in [0.25, 0.3) is 5.91 Å². The highest BCUT2D eigenvalue weighted by Gasteiger charge is 2.21. The van der Waals surface area contributed by atoms with E-state index in [1.54, 1.807) is 47.5 Å². The summed E-state index contributed by atoms with van der Waals surface area (Å²) in [5, 5.41) is 0. The Labute approximate surface area is 190 Å². The van der Waals surface area contributed by atoms with Gasteiger partial charge in [-0.1, -0.05) is 28.1 Å². The average Bonchev–Trinajstić information content (AvgIpc) is 2.80. The Morgan fingerprint density at radius 2 is 1.52 bits per heavy atom. The third-order valence-electron chi connectivity index (χ3n) is 4.71. The lowest BCUT2D eigenvalue weighted by Gasteiger charge is -2.20. The molecule has 0 saturated carbocycles. The molecule has 1 amide bonds. The number of halogens is 1. The molecular formula is C25H23BrN2O3. The maximum atomic E-state index is 12.7. The molecule has 0 unspecified atom stereocenters. The number of esters is 1. The predicted octanol–water partition coefficient (Wildman–Crippen LogP) is 5.90. The molecule has 0 spiro atoms. The molecule has 0 atom stereocenters. The zero-order valence-electron chi connectivity index (χ0n) is 17.4. The van der Waals surface area contributed by atoms with Crippen LogP contribution in [0.4, 0.5) is 5.69 Å². The fourth-order valence-electron chi connectivity index (χ4n) is 2.99. The van der Waals surface area contributed by atoms with Gasteiger partial charge in [-0.25, -0.2) is 4.79 Å². The number of benzene rings is 3. The molecule has 0 heterocycles. The molecule has 0 fully saturated rings. The lowest BCUT2D eigenvalue weighted by Crippen LogP contribution is -2.32. The van der Waals surface area contributed by atoms with E-state index in [-0.39, 0.29) is 11.5 Å². The Hall–Kier alpha value is -3.25. The topological polar surface area (TPSA) is 59.0 Å². The Morgan fingerprint density at radius 3 is 2.13 bits per heavy atom. The van der Waals surface area contributed by atoms with Crippen molar-refractivity contribution in [3.05, 3.63) is 94.0 Å². The van der Waals surface area contributed by atoms with Gasteiger partial charge < -0.3 is 9.64 Å². The van der Waals surface area contributed by atoms with Crippen molar-refractivity contribution in [2.24, 2.45) is 4.99 Å². The molecule has 0 aliphatic heterocycles. The lowest BCUT2D eigenvalue weighted by molar-refractivity contribution is 0.0708. The minimum Gasteiger partial charge on any atom is -0.423 e. The smallest absolute Gasteiger partial charge is 0.344 e. The number of amides is 1. The second kappa shape index (κ2) is 10.7. The van der Waals surface area contributed by atoms with Crippen LogP contribution in [-0.4, -0.2) is 36.1 Å². The molecule has 0 bridgehead atoms. The summed E-state index contributed by atoms with van der Waals surface area (Å²) in [6.45, 7) is 4.96. The minimum atomic E-state index is -0.563. The average molecular weight is 479 g/mol. The molecular weight excluding hydrogens is 456 g/mol. The van der Waals surface area contributed by atoms with Gasteiger partial charge in [-0.3, -0.25) is 9.79 Å². The minimum absolute atomic E-state index is 0.183. The number of hydrogen-bond donors (Lipinski definition) is 0. The van der Waals surface area contributed by atoms with Gasteiger partial charge in [0.15, 0.2) is 0 Å². The monoisotopic (exact) mass is 478 g/mol. The third-order valence-corrected chi connectivity index (χ3v) is 5.24. The first-order chi connectivity index (χ1) is 15.0. The van der Waals surface area contributed by atoms with Crippen LogP contribution in [0.2, 0.25) is 0 Å². The zero-order chi connectivity index (χ0) is 22.2. The summed E-state index contributed by atoms with van der Waals surface area (Å²) in [6, 6.07) is 21.4. The molecule has 0 radical (unpaired) electrons. The van der Waals surface area contributed by atoms with Crippen LogP contribution in [-0.2, 0) is 0 Å². The summed E-state index contributed by atoms with van der Waals surface area (Å²) in [5.74, 6) is -0.347. The van der Waals surface area contributed by atoms with Crippen LogP contribution in [0, 0.1) is 0 Å². The first-order valence-corrected chi connectivity index (χ1v) is 10.8. The van der Waals surface area contributed by atoms with Crippen LogP contribution in [0.25, 0.3) is 0 Å². The quantitative estimate of drug-likeness (QED) is 0.241. The number of carbonyl (C=O) groups is 2. The highest BCUT2D eigenvalue weighted by atomic mass is 79.9. The van der Waals surface area contributed by atoms with Crippen LogP contribution in [0.15, 0.2) is 82.3 Å². The summed E-state index contributed by atoms with van der Waals surface area (Å²) < 4.78 is 6.51. The van der Waals surface area contributed by atoms with Gasteiger partial charge in [0, 0.05) is 23.8 Å². The zero-order valence-corrected chi connectivity index (χ0v) is 19.0. The highest BCUT2D eigenvalue weighted by Crippen LogP contribution is 2.19. The number of ether oxygens (including phenoxy) is 1. The van der Waals surface area contributed by atoms with Gasteiger partial charge >= 0.3 is 5.97 Å². The van der Waals surface area contributed by atoms with Crippen molar-refractivity contribution in [1.82, 2.24) is 4.90 Å². The Morgan fingerprint density at radius 1 is 0.903 bits per heavy atom. The van der Waals surface area contributed by atoms with Gasteiger partial charge in [0.05, 0.1) is 16.8 Å². The van der Waals surface area contributed by atoms with Crippen LogP contribution >= 0.6 is 15.9 Å². The second-order valence-corrected chi connectivity index (χ2v) is 7.63. The van der Waals surface area contributed by atoms with Gasteiger partial charge in [-0.15, -0.1) is 0 Å². The van der Waals surface area contributed by atoms with Crippen molar-refractivity contribution in [3.8, 4) is 5.75 Å². The van der Waals surface area contributed by atoms with Gasteiger partial charge in [-0.2, -0.15) is 0 Å². The molecule has 3 aromatic rings. The van der Waals surface area contributed by atoms with E-state index in [1.165, 1.54) is 0 Å². The molecule has 3 aromatic carbocycles. The summed E-state index contributed by atoms with van der Waals surface area (Å²) >= 11 is 3.40. The largest absolute Gasteiger partial charge is 0.423 e. The number of carbonyl (C=O) groups excluding carboxylic acids is 2. The second-order valence-electron chi connectivity index (χ2n) is 6.72. The van der Waals surface area contributed by atoms with Crippen LogP contribution < -0.4 is 4.74 Å². The Bertz CT molecular complexity index is 1070. The summed E-state index contributed by atoms with van der Waals surface area (Å²) in [6.07, 6.45) is 1.74. The van der Waals surface area contributed by atoms with Gasteiger partial charge in [-0.05, 0) is 80.1 Å². The van der Waals surface area contributed by atoms with E-state index in [9.17, 15) is 9.59 Å². The van der Waals surface area contributed by atoms with Crippen molar-refractivity contribution in [3.63, 3.8) is 0 Å².